The highest BCUT2D eigenvalue weighted by atomic mass is 35.5. The number of hydrogen-bond donors (Lipinski definition) is 1. The van der Waals surface area contributed by atoms with Gasteiger partial charge in [0.15, 0.2) is 5.82 Å². The Hall–Kier alpha value is -3.78. The molecule has 32 heavy (non-hydrogen) atoms. The van der Waals surface area contributed by atoms with Crippen LogP contribution in [0.15, 0.2) is 67.0 Å². The number of amides is 1. The molecule has 0 radical (unpaired) electrons. The molecule has 0 saturated heterocycles. The van der Waals surface area contributed by atoms with Gasteiger partial charge in [-0.05, 0) is 42.7 Å². The van der Waals surface area contributed by atoms with Crippen LogP contribution < -0.4 is 5.32 Å². The fourth-order valence-corrected chi connectivity index (χ4v) is 3.84. The van der Waals surface area contributed by atoms with Crippen molar-refractivity contribution in [1.82, 2.24) is 29.1 Å². The van der Waals surface area contributed by atoms with E-state index < -0.39 is 0 Å². The predicted octanol–water partition coefficient (Wildman–Crippen LogP) is 3.94. The molecule has 0 saturated carbocycles. The van der Waals surface area contributed by atoms with E-state index in [0.29, 0.717) is 29.1 Å². The Morgan fingerprint density at radius 1 is 1.06 bits per heavy atom. The minimum Gasteiger partial charge on any atom is -0.310 e. The van der Waals surface area contributed by atoms with E-state index in [1.165, 1.54) is 5.56 Å². The second-order valence-electron chi connectivity index (χ2n) is 7.43. The molecule has 0 fully saturated rings. The van der Waals surface area contributed by atoms with E-state index in [1.54, 1.807) is 29.0 Å². The summed E-state index contributed by atoms with van der Waals surface area (Å²) in [5.74, 6) is 1.10. The maximum absolute atomic E-state index is 12.7. The maximum Gasteiger partial charge on any atom is 0.252 e. The summed E-state index contributed by atoms with van der Waals surface area (Å²) in [5, 5.41) is 7.82. The van der Waals surface area contributed by atoms with Crippen molar-refractivity contribution >= 4 is 40.3 Å². The Balaban J connectivity index is 1.35. The molecule has 0 bridgehead atoms. The number of aromatic nitrogens is 6. The summed E-state index contributed by atoms with van der Waals surface area (Å²) >= 11 is 6.16. The van der Waals surface area contributed by atoms with Gasteiger partial charge in [-0.1, -0.05) is 41.9 Å². The molecule has 9 heteroatoms. The Morgan fingerprint density at radius 3 is 2.78 bits per heavy atom. The lowest BCUT2D eigenvalue weighted by molar-refractivity contribution is -0.115. The Kier molecular flexibility index (Phi) is 5.51. The van der Waals surface area contributed by atoms with Gasteiger partial charge in [0.05, 0.1) is 17.5 Å². The Morgan fingerprint density at radius 2 is 1.94 bits per heavy atom. The number of halogens is 1. The lowest BCUT2D eigenvalue weighted by Crippen LogP contribution is -2.19. The van der Waals surface area contributed by atoms with Crippen molar-refractivity contribution in [2.45, 2.75) is 25.8 Å². The van der Waals surface area contributed by atoms with Gasteiger partial charge in [-0.15, -0.1) is 5.10 Å². The van der Waals surface area contributed by atoms with Crippen molar-refractivity contribution in [2.24, 2.45) is 0 Å². The molecule has 0 atom stereocenters. The van der Waals surface area contributed by atoms with Crippen LogP contribution >= 0.6 is 11.6 Å². The lowest BCUT2D eigenvalue weighted by Gasteiger charge is -2.10. The van der Waals surface area contributed by atoms with Crippen molar-refractivity contribution in [3.05, 3.63) is 83.4 Å². The zero-order valence-corrected chi connectivity index (χ0v) is 17.9. The number of aryl methyl sites for hydroxylation is 2. The first kappa shape index (κ1) is 20.1. The molecule has 1 amide bonds. The molecule has 1 N–H and O–H groups in total. The van der Waals surface area contributed by atoms with Gasteiger partial charge in [0.1, 0.15) is 0 Å². The number of carbonyl (C=O) groups excluding carboxylic acids is 1. The highest BCUT2D eigenvalue weighted by Gasteiger charge is 2.16. The first-order chi connectivity index (χ1) is 15.7. The summed E-state index contributed by atoms with van der Waals surface area (Å²) in [6.45, 7) is 0.708. The van der Waals surface area contributed by atoms with Crippen LogP contribution in [0.4, 0.5) is 5.95 Å². The van der Waals surface area contributed by atoms with Crippen molar-refractivity contribution in [1.29, 1.82) is 0 Å². The Bertz CT molecular complexity index is 1360. The number of nitrogens with one attached hydrogen (secondary N) is 1. The minimum atomic E-state index is -0.244. The third kappa shape index (κ3) is 4.31. The molecule has 5 rings (SSSR count). The molecule has 160 valence electrons. The summed E-state index contributed by atoms with van der Waals surface area (Å²) in [7, 11) is 0. The third-order valence-corrected chi connectivity index (χ3v) is 5.37. The maximum atomic E-state index is 12.7. The van der Waals surface area contributed by atoms with Crippen LogP contribution in [0, 0.1) is 0 Å². The normalized spacial score (nSPS) is 11.3. The van der Waals surface area contributed by atoms with Crippen LogP contribution in [0.25, 0.3) is 16.8 Å². The number of rotatable bonds is 7. The highest BCUT2D eigenvalue weighted by Crippen LogP contribution is 2.24. The average Bonchev–Trinajstić information content (AvgIpc) is 3.34. The predicted molar refractivity (Wildman–Crippen MR) is 123 cm³/mol. The van der Waals surface area contributed by atoms with Crippen molar-refractivity contribution in [3.63, 3.8) is 0 Å². The van der Waals surface area contributed by atoms with Gasteiger partial charge in [0, 0.05) is 24.0 Å². The van der Waals surface area contributed by atoms with E-state index >= 15 is 0 Å². The van der Waals surface area contributed by atoms with Crippen LogP contribution in [0.3, 0.4) is 0 Å². The molecule has 0 aliphatic carbocycles. The van der Waals surface area contributed by atoms with Gasteiger partial charge in [-0.3, -0.25) is 10.1 Å². The molecule has 5 aromatic rings. The molecule has 8 nitrogen and oxygen atoms in total. The lowest BCUT2D eigenvalue weighted by atomic mass is 10.1. The monoisotopic (exact) mass is 445 g/mol. The van der Waals surface area contributed by atoms with E-state index in [2.05, 4.69) is 37.5 Å². The molecule has 0 aliphatic rings. The summed E-state index contributed by atoms with van der Waals surface area (Å²) in [4.78, 5) is 25.8. The van der Waals surface area contributed by atoms with E-state index in [4.69, 9.17) is 11.6 Å². The van der Waals surface area contributed by atoms with Crippen molar-refractivity contribution in [3.8, 4) is 0 Å². The van der Waals surface area contributed by atoms with Gasteiger partial charge in [-0.25, -0.2) is 14.5 Å². The van der Waals surface area contributed by atoms with Gasteiger partial charge < -0.3 is 4.57 Å². The molecular weight excluding hydrogens is 426 g/mol. The number of hydrogen-bond acceptors (Lipinski definition) is 5. The van der Waals surface area contributed by atoms with E-state index in [1.807, 2.05) is 34.9 Å². The number of imidazole rings is 1. The molecule has 3 heterocycles. The SMILES string of the molecule is O=C(Cc1nc2ncccn2n1)Nc1nc2cc(Cl)ccc2n1CCCc1ccccc1. The standard InChI is InChI=1S/C23H20ClN7O/c24-17-9-10-19-18(14-17)26-23(30(19)12-4-8-16-6-2-1-3-7-16)28-21(32)15-20-27-22-25-11-5-13-31(22)29-20/h1-3,5-7,9-11,13-14H,4,8,12,15H2,(H,26,28,32). The van der Waals surface area contributed by atoms with E-state index in [9.17, 15) is 4.79 Å². The fourth-order valence-electron chi connectivity index (χ4n) is 3.67. The van der Waals surface area contributed by atoms with Crippen molar-refractivity contribution < 1.29 is 4.79 Å². The average molecular weight is 446 g/mol. The zero-order chi connectivity index (χ0) is 21.9. The number of fused-ring (bicyclic) bond motifs is 2. The summed E-state index contributed by atoms with van der Waals surface area (Å²) in [6, 6.07) is 17.6. The molecule has 0 unspecified atom stereocenters. The van der Waals surface area contributed by atoms with Crippen LogP contribution in [0.2, 0.25) is 5.02 Å². The summed E-state index contributed by atoms with van der Waals surface area (Å²) in [5.41, 5.74) is 2.94. The van der Waals surface area contributed by atoms with Crippen LogP contribution in [-0.2, 0) is 24.2 Å². The second kappa shape index (κ2) is 8.76. The molecule has 0 aliphatic heterocycles. The third-order valence-electron chi connectivity index (χ3n) is 5.13. The largest absolute Gasteiger partial charge is 0.310 e. The molecule has 2 aromatic carbocycles. The van der Waals surface area contributed by atoms with Crippen LogP contribution in [0.5, 0.6) is 0 Å². The number of nitrogens with zero attached hydrogens (tertiary/aromatic N) is 6. The molecule has 0 spiro atoms. The Labute approximate surface area is 188 Å². The summed E-state index contributed by atoms with van der Waals surface area (Å²) in [6.07, 6.45) is 5.24. The van der Waals surface area contributed by atoms with E-state index in [0.717, 1.165) is 23.9 Å². The molecule has 3 aromatic heterocycles. The number of carbonyl (C=O) groups is 1. The quantitative estimate of drug-likeness (QED) is 0.409. The minimum absolute atomic E-state index is 0.0251. The van der Waals surface area contributed by atoms with Crippen LogP contribution in [-0.4, -0.2) is 35.0 Å². The number of anilines is 1. The smallest absolute Gasteiger partial charge is 0.252 e. The van der Waals surface area contributed by atoms with Crippen LogP contribution in [0.1, 0.15) is 17.8 Å². The first-order valence-electron chi connectivity index (χ1n) is 10.3. The van der Waals surface area contributed by atoms with Gasteiger partial charge >= 0.3 is 0 Å². The summed E-state index contributed by atoms with van der Waals surface area (Å²) < 4.78 is 3.56. The van der Waals surface area contributed by atoms with Gasteiger partial charge in [0.25, 0.3) is 5.78 Å². The van der Waals surface area contributed by atoms with Gasteiger partial charge in [0.2, 0.25) is 11.9 Å². The topological polar surface area (TPSA) is 90.0 Å². The highest BCUT2D eigenvalue weighted by molar-refractivity contribution is 6.31. The van der Waals surface area contributed by atoms with Gasteiger partial charge in [-0.2, -0.15) is 4.98 Å². The number of benzene rings is 2. The van der Waals surface area contributed by atoms with E-state index in [-0.39, 0.29) is 12.3 Å². The zero-order valence-electron chi connectivity index (χ0n) is 17.1. The first-order valence-corrected chi connectivity index (χ1v) is 10.7. The second-order valence-corrected chi connectivity index (χ2v) is 7.86. The fraction of sp³-hybridized carbons (Fsp3) is 0.174. The van der Waals surface area contributed by atoms with Crippen molar-refractivity contribution in [2.75, 3.05) is 5.32 Å². The molecular formula is C23H20ClN7O.